The van der Waals surface area contributed by atoms with Gasteiger partial charge in [0.1, 0.15) is 5.69 Å². The van der Waals surface area contributed by atoms with E-state index in [1.807, 2.05) is 6.92 Å². The number of amides is 1. The highest BCUT2D eigenvalue weighted by molar-refractivity contribution is 5.82. The number of hydrogen-bond acceptors (Lipinski definition) is 3. The average Bonchev–Trinajstić information content (AvgIpc) is 3.01. The summed E-state index contributed by atoms with van der Waals surface area (Å²) in [6.45, 7) is 4.45. The molecular formula is C18H21F3N4O. The molecule has 0 aromatic carbocycles. The van der Waals surface area contributed by atoms with E-state index in [4.69, 9.17) is 0 Å². The fourth-order valence-corrected chi connectivity index (χ4v) is 3.81. The van der Waals surface area contributed by atoms with E-state index >= 15 is 0 Å². The molecule has 1 saturated heterocycles. The monoisotopic (exact) mass is 366 g/mol. The Kier molecular flexibility index (Phi) is 3.96. The molecule has 2 aromatic rings. The zero-order chi connectivity index (χ0) is 18.6. The zero-order valence-electron chi connectivity index (χ0n) is 14.8. The van der Waals surface area contributed by atoms with Gasteiger partial charge >= 0.3 is 6.18 Å². The minimum absolute atomic E-state index is 0.0585. The van der Waals surface area contributed by atoms with E-state index < -0.39 is 11.9 Å². The van der Waals surface area contributed by atoms with Crippen molar-refractivity contribution < 1.29 is 18.0 Å². The van der Waals surface area contributed by atoms with Gasteiger partial charge in [-0.15, -0.1) is 0 Å². The summed E-state index contributed by atoms with van der Waals surface area (Å²) >= 11 is 0. The standard InChI is InChI=1S/C18H21F3N4O/c1-3-11-8-15(18(19,20)21)25-16(22-11)9-13(23-25)14-5-4-6-24(14)17(26)12-7-10(12)2/h8-10,12,14H,3-7H2,1-2H3/t10-,12+,14+/m1/s1. The second-order valence-corrected chi connectivity index (χ2v) is 7.33. The highest BCUT2D eigenvalue weighted by atomic mass is 19.4. The Morgan fingerprint density at radius 2 is 2.08 bits per heavy atom. The number of hydrogen-bond donors (Lipinski definition) is 0. The summed E-state index contributed by atoms with van der Waals surface area (Å²) in [6.07, 6.45) is -1.65. The molecule has 3 atom stereocenters. The van der Waals surface area contributed by atoms with E-state index in [1.54, 1.807) is 17.9 Å². The molecule has 0 bridgehead atoms. The molecule has 0 unspecified atom stereocenters. The van der Waals surface area contributed by atoms with Crippen LogP contribution in [0.4, 0.5) is 13.2 Å². The Morgan fingerprint density at radius 3 is 2.69 bits per heavy atom. The molecule has 8 heteroatoms. The fourth-order valence-electron chi connectivity index (χ4n) is 3.81. The van der Waals surface area contributed by atoms with E-state index in [0.717, 1.165) is 29.8 Å². The van der Waals surface area contributed by atoms with Gasteiger partial charge in [0.25, 0.3) is 0 Å². The van der Waals surface area contributed by atoms with Gasteiger partial charge in [0.05, 0.1) is 11.7 Å². The summed E-state index contributed by atoms with van der Waals surface area (Å²) in [5.41, 5.74) is 0.237. The molecule has 1 aliphatic carbocycles. The second-order valence-electron chi connectivity index (χ2n) is 7.33. The topological polar surface area (TPSA) is 50.5 Å². The van der Waals surface area contributed by atoms with Crippen LogP contribution < -0.4 is 0 Å². The number of rotatable bonds is 3. The third-order valence-corrected chi connectivity index (χ3v) is 5.46. The molecule has 1 aliphatic heterocycles. The predicted molar refractivity (Wildman–Crippen MR) is 88.3 cm³/mol. The Morgan fingerprint density at radius 1 is 1.35 bits per heavy atom. The van der Waals surface area contributed by atoms with Gasteiger partial charge in [-0.25, -0.2) is 9.50 Å². The first-order valence-corrected chi connectivity index (χ1v) is 9.07. The number of likely N-dealkylation sites (tertiary alicyclic amines) is 1. The minimum atomic E-state index is -4.51. The first-order chi connectivity index (χ1) is 12.3. The van der Waals surface area contributed by atoms with Crippen molar-refractivity contribution in [2.24, 2.45) is 11.8 Å². The maximum atomic E-state index is 13.4. The minimum Gasteiger partial charge on any atom is -0.334 e. The van der Waals surface area contributed by atoms with Crippen LogP contribution in [0, 0.1) is 11.8 Å². The lowest BCUT2D eigenvalue weighted by Crippen LogP contribution is -2.32. The second kappa shape index (κ2) is 5.96. The lowest BCUT2D eigenvalue weighted by atomic mass is 10.1. The summed E-state index contributed by atoms with van der Waals surface area (Å²) in [7, 11) is 0. The van der Waals surface area contributed by atoms with Gasteiger partial charge in [-0.2, -0.15) is 18.3 Å². The van der Waals surface area contributed by atoms with Crippen molar-refractivity contribution in [3.63, 3.8) is 0 Å². The highest BCUT2D eigenvalue weighted by Gasteiger charge is 2.45. The number of alkyl halides is 3. The molecule has 3 heterocycles. The number of halogens is 3. The van der Waals surface area contributed by atoms with Crippen LogP contribution in [0.15, 0.2) is 12.1 Å². The first kappa shape index (κ1) is 17.3. The zero-order valence-corrected chi connectivity index (χ0v) is 14.8. The molecular weight excluding hydrogens is 345 g/mol. The smallest absolute Gasteiger partial charge is 0.334 e. The summed E-state index contributed by atoms with van der Waals surface area (Å²) in [4.78, 5) is 18.7. The average molecular weight is 366 g/mol. The summed E-state index contributed by atoms with van der Waals surface area (Å²) in [5, 5.41) is 4.21. The third-order valence-electron chi connectivity index (χ3n) is 5.46. The number of fused-ring (bicyclic) bond motifs is 1. The molecule has 1 amide bonds. The van der Waals surface area contributed by atoms with Crippen LogP contribution in [0.3, 0.4) is 0 Å². The van der Waals surface area contributed by atoms with E-state index in [2.05, 4.69) is 10.1 Å². The number of carbonyl (C=O) groups excluding carboxylic acids is 1. The lowest BCUT2D eigenvalue weighted by Gasteiger charge is -2.23. The van der Waals surface area contributed by atoms with Crippen molar-refractivity contribution in [2.45, 2.75) is 51.7 Å². The van der Waals surface area contributed by atoms with Crippen LogP contribution in [0.5, 0.6) is 0 Å². The van der Waals surface area contributed by atoms with Crippen molar-refractivity contribution in [1.29, 1.82) is 0 Å². The molecule has 0 N–H and O–H groups in total. The molecule has 1 saturated carbocycles. The number of nitrogens with zero attached hydrogens (tertiary/aromatic N) is 4. The van der Waals surface area contributed by atoms with E-state index in [-0.39, 0.29) is 23.5 Å². The number of aryl methyl sites for hydroxylation is 1. The van der Waals surface area contributed by atoms with Crippen LogP contribution in [-0.4, -0.2) is 31.9 Å². The van der Waals surface area contributed by atoms with Crippen LogP contribution in [0.2, 0.25) is 0 Å². The Labute approximate surface area is 149 Å². The SMILES string of the molecule is CCc1cc(C(F)(F)F)n2nc([C@@H]3CCCN3C(=O)[C@H]3C[C@H]3C)cc2n1. The van der Waals surface area contributed by atoms with Crippen molar-refractivity contribution in [3.05, 3.63) is 29.2 Å². The fraction of sp³-hybridized carbons (Fsp3) is 0.611. The molecule has 4 rings (SSSR count). The van der Waals surface area contributed by atoms with E-state index in [9.17, 15) is 18.0 Å². The van der Waals surface area contributed by atoms with Crippen LogP contribution in [-0.2, 0) is 17.4 Å². The maximum absolute atomic E-state index is 13.4. The molecule has 26 heavy (non-hydrogen) atoms. The van der Waals surface area contributed by atoms with Crippen LogP contribution in [0.1, 0.15) is 56.2 Å². The van der Waals surface area contributed by atoms with Crippen molar-refractivity contribution in [2.75, 3.05) is 6.54 Å². The molecule has 2 fully saturated rings. The normalized spacial score (nSPS) is 25.9. The van der Waals surface area contributed by atoms with Crippen molar-refractivity contribution in [3.8, 4) is 0 Å². The molecule has 2 aromatic heterocycles. The molecule has 5 nitrogen and oxygen atoms in total. The number of carbonyl (C=O) groups is 1. The Balaban J connectivity index is 1.74. The molecule has 2 aliphatic rings. The van der Waals surface area contributed by atoms with Crippen LogP contribution in [0.25, 0.3) is 5.65 Å². The lowest BCUT2D eigenvalue weighted by molar-refractivity contribution is -0.143. The van der Waals surface area contributed by atoms with Gasteiger partial charge in [-0.05, 0) is 37.7 Å². The van der Waals surface area contributed by atoms with Crippen molar-refractivity contribution >= 4 is 11.6 Å². The van der Waals surface area contributed by atoms with E-state index in [0.29, 0.717) is 30.3 Å². The van der Waals surface area contributed by atoms with Gasteiger partial charge in [0, 0.05) is 24.2 Å². The van der Waals surface area contributed by atoms with Gasteiger partial charge in [0.15, 0.2) is 5.65 Å². The molecule has 140 valence electrons. The Hall–Kier alpha value is -2.12. The molecule has 0 spiro atoms. The Bertz CT molecular complexity index is 860. The quantitative estimate of drug-likeness (QED) is 0.834. The first-order valence-electron chi connectivity index (χ1n) is 9.07. The summed E-state index contributed by atoms with van der Waals surface area (Å²) in [5.74, 6) is 0.564. The third kappa shape index (κ3) is 2.85. The van der Waals surface area contributed by atoms with Gasteiger partial charge in [0.2, 0.25) is 5.91 Å². The highest BCUT2D eigenvalue weighted by Crippen LogP contribution is 2.43. The van der Waals surface area contributed by atoms with Crippen LogP contribution >= 0.6 is 0 Å². The van der Waals surface area contributed by atoms with Crippen molar-refractivity contribution in [1.82, 2.24) is 19.5 Å². The van der Waals surface area contributed by atoms with E-state index in [1.165, 1.54) is 0 Å². The maximum Gasteiger partial charge on any atom is 0.433 e. The molecule has 0 radical (unpaired) electrons. The van der Waals surface area contributed by atoms with Gasteiger partial charge in [-0.3, -0.25) is 4.79 Å². The van der Waals surface area contributed by atoms with Gasteiger partial charge < -0.3 is 4.90 Å². The van der Waals surface area contributed by atoms with Gasteiger partial charge in [-0.1, -0.05) is 13.8 Å². The number of aromatic nitrogens is 3. The summed E-state index contributed by atoms with van der Waals surface area (Å²) in [6, 6.07) is 2.39. The predicted octanol–water partition coefficient (Wildman–Crippen LogP) is 3.63. The summed E-state index contributed by atoms with van der Waals surface area (Å²) < 4.78 is 41.2. The largest absolute Gasteiger partial charge is 0.433 e.